The van der Waals surface area contributed by atoms with Crippen LogP contribution in [0.2, 0.25) is 5.02 Å². The van der Waals surface area contributed by atoms with E-state index in [0.717, 1.165) is 12.0 Å². The molecular formula is C18H22Cl2N2O. The summed E-state index contributed by atoms with van der Waals surface area (Å²) in [5.74, 6) is 0.0867. The van der Waals surface area contributed by atoms with Crippen molar-refractivity contribution in [2.75, 3.05) is 19.6 Å². The lowest BCUT2D eigenvalue weighted by atomic mass is 10.1. The lowest BCUT2D eigenvalue weighted by Gasteiger charge is -2.22. The molecule has 2 aromatic rings. The first-order chi connectivity index (χ1) is 10.7. The van der Waals surface area contributed by atoms with E-state index in [4.69, 9.17) is 17.3 Å². The summed E-state index contributed by atoms with van der Waals surface area (Å²) in [5.41, 5.74) is 7.79. The Kier molecular flexibility index (Phi) is 8.70. The van der Waals surface area contributed by atoms with Gasteiger partial charge in [0.15, 0.2) is 0 Å². The highest BCUT2D eigenvalue weighted by Crippen LogP contribution is 2.12. The van der Waals surface area contributed by atoms with E-state index in [-0.39, 0.29) is 18.3 Å². The van der Waals surface area contributed by atoms with Crippen molar-refractivity contribution in [3.05, 3.63) is 70.7 Å². The molecular weight excluding hydrogens is 331 g/mol. The minimum atomic E-state index is 0. The van der Waals surface area contributed by atoms with E-state index in [1.165, 1.54) is 5.56 Å². The summed E-state index contributed by atoms with van der Waals surface area (Å²) in [4.78, 5) is 14.3. The van der Waals surface area contributed by atoms with Gasteiger partial charge < -0.3 is 10.6 Å². The first-order valence-corrected chi connectivity index (χ1v) is 7.83. The van der Waals surface area contributed by atoms with Gasteiger partial charge in [0.25, 0.3) is 0 Å². The summed E-state index contributed by atoms with van der Waals surface area (Å²) in [5, 5.41) is 0.653. The SMILES string of the molecule is Cl.NCCN(CCc1ccccc1)C(=O)Cc1cccc(Cl)c1. The van der Waals surface area contributed by atoms with Crippen molar-refractivity contribution in [2.45, 2.75) is 12.8 Å². The van der Waals surface area contributed by atoms with Crippen molar-refractivity contribution in [1.82, 2.24) is 4.90 Å². The number of nitrogens with two attached hydrogens (primary N) is 1. The number of rotatable bonds is 7. The van der Waals surface area contributed by atoms with E-state index in [2.05, 4.69) is 12.1 Å². The second-order valence-corrected chi connectivity index (χ2v) is 5.65. The van der Waals surface area contributed by atoms with Crippen molar-refractivity contribution in [3.8, 4) is 0 Å². The van der Waals surface area contributed by atoms with Gasteiger partial charge in [0.2, 0.25) is 5.91 Å². The normalized spacial score (nSPS) is 10.0. The Hall–Kier alpha value is -1.55. The van der Waals surface area contributed by atoms with E-state index >= 15 is 0 Å². The van der Waals surface area contributed by atoms with Gasteiger partial charge in [0.05, 0.1) is 6.42 Å². The van der Waals surface area contributed by atoms with Crippen LogP contribution in [0.1, 0.15) is 11.1 Å². The Morgan fingerprint density at radius 1 is 1.00 bits per heavy atom. The molecule has 0 fully saturated rings. The summed E-state index contributed by atoms with van der Waals surface area (Å²) in [6.07, 6.45) is 1.19. The van der Waals surface area contributed by atoms with Crippen LogP contribution < -0.4 is 5.73 Å². The van der Waals surface area contributed by atoms with Crippen molar-refractivity contribution in [3.63, 3.8) is 0 Å². The zero-order chi connectivity index (χ0) is 15.8. The fourth-order valence-corrected chi connectivity index (χ4v) is 2.57. The van der Waals surface area contributed by atoms with E-state index in [0.29, 0.717) is 31.1 Å². The quantitative estimate of drug-likeness (QED) is 0.830. The average Bonchev–Trinajstić information content (AvgIpc) is 2.52. The van der Waals surface area contributed by atoms with Crippen LogP contribution in [0.5, 0.6) is 0 Å². The average molecular weight is 353 g/mol. The minimum Gasteiger partial charge on any atom is -0.341 e. The third kappa shape index (κ3) is 6.61. The third-order valence-electron chi connectivity index (χ3n) is 3.51. The standard InChI is InChI=1S/C18H21ClN2O.ClH/c19-17-8-4-7-16(13-17)14-18(22)21(12-10-20)11-9-15-5-2-1-3-6-15;/h1-8,13H,9-12,14,20H2;1H. The first-order valence-electron chi connectivity index (χ1n) is 7.45. The fourth-order valence-electron chi connectivity index (χ4n) is 2.36. The molecule has 0 aliphatic rings. The van der Waals surface area contributed by atoms with Crippen molar-refractivity contribution >= 4 is 29.9 Å². The van der Waals surface area contributed by atoms with Gasteiger partial charge in [-0.1, -0.05) is 54.1 Å². The van der Waals surface area contributed by atoms with Crippen LogP contribution in [-0.2, 0) is 17.6 Å². The Bertz CT molecular complexity index is 605. The number of benzene rings is 2. The smallest absolute Gasteiger partial charge is 0.227 e. The van der Waals surface area contributed by atoms with Crippen LogP contribution in [0.3, 0.4) is 0 Å². The Morgan fingerprint density at radius 2 is 1.70 bits per heavy atom. The lowest BCUT2D eigenvalue weighted by molar-refractivity contribution is -0.130. The summed E-state index contributed by atoms with van der Waals surface area (Å²) in [6.45, 7) is 1.73. The molecule has 0 spiro atoms. The number of nitrogens with zero attached hydrogens (tertiary/aromatic N) is 1. The summed E-state index contributed by atoms with van der Waals surface area (Å²) in [6, 6.07) is 17.6. The molecule has 23 heavy (non-hydrogen) atoms. The van der Waals surface area contributed by atoms with E-state index in [1.807, 2.05) is 47.4 Å². The maximum absolute atomic E-state index is 12.5. The first kappa shape index (κ1) is 19.5. The van der Waals surface area contributed by atoms with Gasteiger partial charge in [0, 0.05) is 24.7 Å². The van der Waals surface area contributed by atoms with Gasteiger partial charge in [-0.2, -0.15) is 0 Å². The van der Waals surface area contributed by atoms with Gasteiger partial charge in [-0.15, -0.1) is 12.4 Å². The molecule has 0 bridgehead atoms. The molecule has 2 aromatic carbocycles. The molecule has 5 heteroatoms. The predicted molar refractivity (Wildman–Crippen MR) is 98.2 cm³/mol. The number of hydrogen-bond acceptors (Lipinski definition) is 2. The number of amides is 1. The number of carbonyl (C=O) groups excluding carboxylic acids is 1. The third-order valence-corrected chi connectivity index (χ3v) is 3.74. The highest BCUT2D eigenvalue weighted by molar-refractivity contribution is 6.30. The van der Waals surface area contributed by atoms with Crippen LogP contribution in [-0.4, -0.2) is 30.4 Å². The van der Waals surface area contributed by atoms with Gasteiger partial charge in [0.1, 0.15) is 0 Å². The van der Waals surface area contributed by atoms with E-state index in [1.54, 1.807) is 0 Å². The Balaban J connectivity index is 0.00000264. The molecule has 3 nitrogen and oxygen atoms in total. The summed E-state index contributed by atoms with van der Waals surface area (Å²) >= 11 is 5.97. The molecule has 0 saturated carbocycles. The molecule has 1 amide bonds. The van der Waals surface area contributed by atoms with Crippen molar-refractivity contribution in [1.29, 1.82) is 0 Å². The van der Waals surface area contributed by atoms with Crippen LogP contribution in [0, 0.1) is 0 Å². The molecule has 0 aliphatic carbocycles. The van der Waals surface area contributed by atoms with Gasteiger partial charge >= 0.3 is 0 Å². The second kappa shape index (κ2) is 10.3. The van der Waals surface area contributed by atoms with E-state index in [9.17, 15) is 4.79 Å². The Labute approximate surface area is 148 Å². The molecule has 2 rings (SSSR count). The summed E-state index contributed by atoms with van der Waals surface area (Å²) in [7, 11) is 0. The maximum atomic E-state index is 12.5. The van der Waals surface area contributed by atoms with Gasteiger partial charge in [-0.05, 0) is 29.7 Å². The zero-order valence-electron chi connectivity index (χ0n) is 13.0. The molecule has 0 unspecified atom stereocenters. The van der Waals surface area contributed by atoms with Crippen LogP contribution in [0.25, 0.3) is 0 Å². The van der Waals surface area contributed by atoms with Crippen molar-refractivity contribution in [2.24, 2.45) is 5.73 Å². The number of carbonyl (C=O) groups is 1. The maximum Gasteiger partial charge on any atom is 0.227 e. The largest absolute Gasteiger partial charge is 0.341 e. The second-order valence-electron chi connectivity index (χ2n) is 5.21. The zero-order valence-corrected chi connectivity index (χ0v) is 14.5. The summed E-state index contributed by atoms with van der Waals surface area (Å²) < 4.78 is 0. The van der Waals surface area contributed by atoms with Crippen LogP contribution >= 0.6 is 24.0 Å². The fraction of sp³-hybridized carbons (Fsp3) is 0.278. The monoisotopic (exact) mass is 352 g/mol. The number of halogens is 2. The van der Waals surface area contributed by atoms with Gasteiger partial charge in [-0.25, -0.2) is 0 Å². The topological polar surface area (TPSA) is 46.3 Å². The predicted octanol–water partition coefficient (Wildman–Crippen LogP) is 3.33. The van der Waals surface area contributed by atoms with Crippen molar-refractivity contribution < 1.29 is 4.79 Å². The Morgan fingerprint density at radius 3 is 2.35 bits per heavy atom. The molecule has 0 radical (unpaired) electrons. The number of hydrogen-bond donors (Lipinski definition) is 1. The van der Waals surface area contributed by atoms with E-state index < -0.39 is 0 Å². The van der Waals surface area contributed by atoms with Crippen LogP contribution in [0.15, 0.2) is 54.6 Å². The van der Waals surface area contributed by atoms with Gasteiger partial charge in [-0.3, -0.25) is 4.79 Å². The van der Waals surface area contributed by atoms with Crippen LogP contribution in [0.4, 0.5) is 0 Å². The highest BCUT2D eigenvalue weighted by Gasteiger charge is 2.13. The minimum absolute atomic E-state index is 0. The lowest BCUT2D eigenvalue weighted by Crippen LogP contribution is -2.37. The molecule has 0 atom stereocenters. The molecule has 124 valence electrons. The molecule has 0 heterocycles. The molecule has 0 aliphatic heterocycles. The highest BCUT2D eigenvalue weighted by atomic mass is 35.5. The molecule has 0 aromatic heterocycles. The molecule has 2 N–H and O–H groups in total. The molecule has 0 saturated heterocycles.